The van der Waals surface area contributed by atoms with Crippen LogP contribution in [0.4, 0.5) is 0 Å². The molecule has 0 unspecified atom stereocenters. The molecule has 4 nitrogen and oxygen atoms in total. The van der Waals surface area contributed by atoms with Crippen molar-refractivity contribution in [3.8, 4) is 6.07 Å². The lowest BCUT2D eigenvalue weighted by Crippen LogP contribution is -1.99. The Morgan fingerprint density at radius 1 is 1.50 bits per heavy atom. The Morgan fingerprint density at radius 3 is 2.75 bits per heavy atom. The van der Waals surface area contributed by atoms with Crippen LogP contribution in [0.15, 0.2) is 0 Å². The van der Waals surface area contributed by atoms with Crippen molar-refractivity contribution in [1.82, 2.24) is 0 Å². The second-order valence-electron chi connectivity index (χ2n) is 0.966. The maximum Gasteiger partial charge on any atom is 0.168 e. The minimum absolute atomic E-state index is 0.0918. The van der Waals surface area contributed by atoms with E-state index in [-0.39, 0.29) is 19.8 Å². The van der Waals surface area contributed by atoms with Gasteiger partial charge >= 0.3 is 0 Å². The highest BCUT2D eigenvalue weighted by Gasteiger charge is 1.82. The van der Waals surface area contributed by atoms with Crippen LogP contribution in [0.3, 0.4) is 0 Å². The number of aliphatic hydroxyl groups is 1. The van der Waals surface area contributed by atoms with E-state index in [0.717, 1.165) is 0 Å². The summed E-state index contributed by atoms with van der Waals surface area (Å²) in [6.07, 6.45) is 0. The van der Waals surface area contributed by atoms with Crippen LogP contribution in [-0.4, -0.2) is 24.9 Å². The molecule has 0 rings (SSSR count). The summed E-state index contributed by atoms with van der Waals surface area (Å²) in [5, 5.41) is 15.9. The summed E-state index contributed by atoms with van der Waals surface area (Å²) in [7, 11) is 0. The molecular weight excluding hydrogens is 110 g/mol. The fourth-order valence-electron chi connectivity index (χ4n) is 0.164. The van der Waals surface area contributed by atoms with Crippen LogP contribution in [0.5, 0.6) is 0 Å². The molecule has 0 aromatic carbocycles. The maximum absolute atomic E-state index is 8.08. The first-order chi connectivity index (χ1) is 3.91. The SMILES string of the molecule is N#CCOOCCO. The third-order valence-electron chi connectivity index (χ3n) is 0.381. The van der Waals surface area contributed by atoms with Crippen molar-refractivity contribution < 1.29 is 14.9 Å². The minimum Gasteiger partial charge on any atom is -0.394 e. The second-order valence-corrected chi connectivity index (χ2v) is 0.966. The molecule has 0 aliphatic rings. The average molecular weight is 117 g/mol. The minimum atomic E-state index is -0.0972. The number of nitriles is 1. The van der Waals surface area contributed by atoms with Gasteiger partial charge in [0, 0.05) is 0 Å². The molecule has 0 heterocycles. The Labute approximate surface area is 47.2 Å². The van der Waals surface area contributed by atoms with Gasteiger partial charge in [-0.25, -0.2) is 9.78 Å². The average Bonchev–Trinajstić information content (AvgIpc) is 1.81. The lowest BCUT2D eigenvalue weighted by atomic mass is 10.8. The van der Waals surface area contributed by atoms with Gasteiger partial charge in [-0.15, -0.1) is 0 Å². The molecule has 1 N–H and O–H groups in total. The fourth-order valence-corrected chi connectivity index (χ4v) is 0.164. The second kappa shape index (κ2) is 6.37. The monoisotopic (exact) mass is 117 g/mol. The van der Waals surface area contributed by atoms with Gasteiger partial charge in [-0.2, -0.15) is 5.26 Å². The summed E-state index contributed by atoms with van der Waals surface area (Å²) >= 11 is 0. The highest BCUT2D eigenvalue weighted by Crippen LogP contribution is 1.73. The van der Waals surface area contributed by atoms with Gasteiger partial charge in [0.15, 0.2) is 6.61 Å². The Kier molecular flexibility index (Phi) is 5.87. The van der Waals surface area contributed by atoms with Gasteiger partial charge in [0.05, 0.1) is 12.7 Å². The summed E-state index contributed by atoms with van der Waals surface area (Å²) in [6.45, 7) is -0.0763. The van der Waals surface area contributed by atoms with Gasteiger partial charge in [0.1, 0.15) is 6.61 Å². The lowest BCUT2D eigenvalue weighted by molar-refractivity contribution is -0.288. The van der Waals surface area contributed by atoms with E-state index in [2.05, 4.69) is 9.78 Å². The number of nitrogens with zero attached hydrogens (tertiary/aromatic N) is 1. The van der Waals surface area contributed by atoms with Crippen molar-refractivity contribution in [3.05, 3.63) is 0 Å². The van der Waals surface area contributed by atoms with E-state index in [1.807, 2.05) is 0 Å². The third kappa shape index (κ3) is 5.37. The van der Waals surface area contributed by atoms with Crippen molar-refractivity contribution in [2.75, 3.05) is 19.8 Å². The largest absolute Gasteiger partial charge is 0.394 e. The van der Waals surface area contributed by atoms with Gasteiger partial charge in [-0.3, -0.25) is 0 Å². The van der Waals surface area contributed by atoms with E-state index >= 15 is 0 Å². The van der Waals surface area contributed by atoms with E-state index in [1.54, 1.807) is 6.07 Å². The predicted molar refractivity (Wildman–Crippen MR) is 24.6 cm³/mol. The molecule has 0 spiro atoms. The van der Waals surface area contributed by atoms with Gasteiger partial charge in [0.2, 0.25) is 0 Å². The first-order valence-corrected chi connectivity index (χ1v) is 2.14. The summed E-state index contributed by atoms with van der Waals surface area (Å²) in [5.74, 6) is 0. The molecular formula is C4H7NO3. The molecule has 0 aliphatic carbocycles. The van der Waals surface area contributed by atoms with Crippen molar-refractivity contribution >= 4 is 0 Å². The molecule has 0 atom stereocenters. The molecule has 0 bridgehead atoms. The number of rotatable bonds is 4. The van der Waals surface area contributed by atoms with Crippen LogP contribution in [0.2, 0.25) is 0 Å². The Bertz CT molecular complexity index is 77.8. The zero-order valence-electron chi connectivity index (χ0n) is 4.33. The Hall–Kier alpha value is -0.630. The molecule has 0 amide bonds. The topological polar surface area (TPSA) is 62.5 Å². The predicted octanol–water partition coefficient (Wildman–Crippen LogP) is -0.550. The molecule has 8 heavy (non-hydrogen) atoms. The quantitative estimate of drug-likeness (QED) is 0.305. The van der Waals surface area contributed by atoms with Gasteiger partial charge < -0.3 is 5.11 Å². The van der Waals surface area contributed by atoms with E-state index in [9.17, 15) is 0 Å². The van der Waals surface area contributed by atoms with Crippen molar-refractivity contribution in [2.45, 2.75) is 0 Å². The van der Waals surface area contributed by atoms with Crippen molar-refractivity contribution in [2.24, 2.45) is 0 Å². The standard InChI is InChI=1S/C4H7NO3/c5-1-3-7-8-4-2-6/h6H,2-4H2. The normalized spacial score (nSPS) is 8.50. The third-order valence-corrected chi connectivity index (χ3v) is 0.381. The molecule has 0 fully saturated rings. The van der Waals surface area contributed by atoms with Gasteiger partial charge in [0.25, 0.3) is 0 Å². The van der Waals surface area contributed by atoms with E-state index in [4.69, 9.17) is 10.4 Å². The fraction of sp³-hybridized carbons (Fsp3) is 0.750. The van der Waals surface area contributed by atoms with E-state index < -0.39 is 0 Å². The van der Waals surface area contributed by atoms with Crippen LogP contribution < -0.4 is 0 Å². The van der Waals surface area contributed by atoms with Crippen molar-refractivity contribution in [3.63, 3.8) is 0 Å². The van der Waals surface area contributed by atoms with Crippen LogP contribution in [0, 0.1) is 11.3 Å². The highest BCUT2D eigenvalue weighted by molar-refractivity contribution is 4.64. The summed E-state index contributed by atoms with van der Waals surface area (Å²) in [5.41, 5.74) is 0. The Morgan fingerprint density at radius 2 is 2.25 bits per heavy atom. The molecule has 0 aromatic rings. The molecule has 0 saturated heterocycles. The molecule has 0 saturated carbocycles. The van der Waals surface area contributed by atoms with Crippen LogP contribution in [-0.2, 0) is 9.78 Å². The summed E-state index contributed by atoms with van der Waals surface area (Å²) < 4.78 is 0. The van der Waals surface area contributed by atoms with Crippen LogP contribution >= 0.6 is 0 Å². The first-order valence-electron chi connectivity index (χ1n) is 2.14. The molecule has 0 aliphatic heterocycles. The van der Waals surface area contributed by atoms with Gasteiger partial charge in [-0.1, -0.05) is 0 Å². The smallest absolute Gasteiger partial charge is 0.168 e. The highest BCUT2D eigenvalue weighted by atomic mass is 17.2. The first kappa shape index (κ1) is 7.37. The van der Waals surface area contributed by atoms with Crippen LogP contribution in [0.1, 0.15) is 0 Å². The zero-order chi connectivity index (χ0) is 6.24. The summed E-state index contributed by atoms with van der Waals surface area (Å²) in [6, 6.07) is 1.70. The number of hydrogen-bond donors (Lipinski definition) is 1. The molecule has 46 valence electrons. The number of hydrogen-bond acceptors (Lipinski definition) is 4. The maximum atomic E-state index is 8.08. The molecule has 0 aromatic heterocycles. The molecule has 0 radical (unpaired) electrons. The Balaban J connectivity index is 2.65. The lowest BCUT2D eigenvalue weighted by Gasteiger charge is -1.93. The van der Waals surface area contributed by atoms with Crippen molar-refractivity contribution in [1.29, 1.82) is 5.26 Å². The summed E-state index contributed by atoms with van der Waals surface area (Å²) in [4.78, 5) is 8.45. The number of aliphatic hydroxyl groups excluding tert-OH is 1. The zero-order valence-corrected chi connectivity index (χ0v) is 4.33. The van der Waals surface area contributed by atoms with Gasteiger partial charge in [-0.05, 0) is 0 Å². The van der Waals surface area contributed by atoms with E-state index in [1.165, 1.54) is 0 Å². The molecule has 4 heteroatoms. The van der Waals surface area contributed by atoms with Crippen LogP contribution in [0.25, 0.3) is 0 Å². The van der Waals surface area contributed by atoms with E-state index in [0.29, 0.717) is 0 Å².